The molecule has 2 amide bonds. The second kappa shape index (κ2) is 13.1. The van der Waals surface area contributed by atoms with Crippen molar-refractivity contribution in [1.29, 1.82) is 0 Å². The Morgan fingerprint density at radius 2 is 1.47 bits per heavy atom. The molecule has 2 rings (SSSR count). The number of carboxylic acid groups (broad SMARTS) is 1. The van der Waals surface area contributed by atoms with E-state index < -0.39 is 30.1 Å². The minimum absolute atomic E-state index is 0.0833. The topological polar surface area (TPSA) is 105 Å². The van der Waals surface area contributed by atoms with E-state index in [9.17, 15) is 19.5 Å². The second-order valence-corrected chi connectivity index (χ2v) is 8.17. The first-order chi connectivity index (χ1) is 15.3. The molecule has 0 radical (unpaired) electrons. The molecular weight excluding hydrogens is 408 g/mol. The van der Waals surface area contributed by atoms with Gasteiger partial charge in [0.1, 0.15) is 18.7 Å². The Morgan fingerprint density at radius 3 is 2.03 bits per heavy atom. The van der Waals surface area contributed by atoms with E-state index >= 15 is 0 Å². The van der Waals surface area contributed by atoms with E-state index in [1.165, 1.54) is 0 Å². The summed E-state index contributed by atoms with van der Waals surface area (Å²) in [5.41, 5.74) is 1.94. The molecule has 7 nitrogen and oxygen atoms in total. The molecule has 2 aromatic carbocycles. The molecule has 0 unspecified atom stereocenters. The largest absolute Gasteiger partial charge is 0.480 e. The van der Waals surface area contributed by atoms with Crippen LogP contribution in [0.5, 0.6) is 0 Å². The molecule has 7 heteroatoms. The molecule has 2 aromatic rings. The van der Waals surface area contributed by atoms with Crippen molar-refractivity contribution in [1.82, 2.24) is 10.6 Å². The summed E-state index contributed by atoms with van der Waals surface area (Å²) in [5, 5.41) is 14.7. The van der Waals surface area contributed by atoms with Gasteiger partial charge in [0.15, 0.2) is 0 Å². The van der Waals surface area contributed by atoms with Crippen LogP contribution in [0.15, 0.2) is 60.7 Å². The fourth-order valence-corrected chi connectivity index (χ4v) is 3.29. The number of amides is 2. The second-order valence-electron chi connectivity index (χ2n) is 8.17. The van der Waals surface area contributed by atoms with Crippen molar-refractivity contribution in [3.63, 3.8) is 0 Å². The Labute approximate surface area is 189 Å². The zero-order valence-electron chi connectivity index (χ0n) is 18.6. The van der Waals surface area contributed by atoms with Crippen molar-refractivity contribution in [2.75, 3.05) is 0 Å². The third-order valence-electron chi connectivity index (χ3n) is 4.94. The van der Waals surface area contributed by atoms with Crippen LogP contribution in [-0.2, 0) is 27.4 Å². The molecule has 0 saturated heterocycles. The Bertz CT molecular complexity index is 855. The van der Waals surface area contributed by atoms with E-state index in [2.05, 4.69) is 10.6 Å². The summed E-state index contributed by atoms with van der Waals surface area (Å²) >= 11 is 0. The van der Waals surface area contributed by atoms with Gasteiger partial charge in [-0.1, -0.05) is 74.5 Å². The van der Waals surface area contributed by atoms with Crippen LogP contribution in [0.2, 0.25) is 0 Å². The lowest BCUT2D eigenvalue weighted by molar-refractivity contribution is -0.142. The van der Waals surface area contributed by atoms with Crippen molar-refractivity contribution < 1.29 is 24.2 Å². The van der Waals surface area contributed by atoms with Gasteiger partial charge in [-0.25, -0.2) is 9.59 Å². The molecule has 0 bridgehead atoms. The quantitative estimate of drug-likeness (QED) is 0.464. The van der Waals surface area contributed by atoms with E-state index in [1.807, 2.05) is 74.5 Å². The maximum atomic E-state index is 12.8. The molecule has 0 saturated carbocycles. The molecule has 0 fully saturated rings. The van der Waals surface area contributed by atoms with Gasteiger partial charge in [-0.3, -0.25) is 4.79 Å². The Balaban J connectivity index is 1.90. The third-order valence-corrected chi connectivity index (χ3v) is 4.94. The molecule has 0 aromatic heterocycles. The first-order valence-corrected chi connectivity index (χ1v) is 10.9. The third kappa shape index (κ3) is 9.20. The molecule has 3 N–H and O–H groups in total. The summed E-state index contributed by atoms with van der Waals surface area (Å²) in [6, 6.07) is 17.1. The van der Waals surface area contributed by atoms with Crippen LogP contribution >= 0.6 is 0 Å². The maximum Gasteiger partial charge on any atom is 0.408 e. The SMILES string of the molecule is CC(C)C[C@H](NC(=O)OCc1ccccc1)C(=O)N[C@@H](CCCc1ccccc1)C(=O)O. The molecular formula is C25H32N2O5. The number of nitrogens with one attached hydrogen (secondary N) is 2. The van der Waals surface area contributed by atoms with E-state index in [0.29, 0.717) is 19.3 Å². The van der Waals surface area contributed by atoms with Gasteiger partial charge >= 0.3 is 12.1 Å². The van der Waals surface area contributed by atoms with Gasteiger partial charge in [0, 0.05) is 0 Å². The highest BCUT2D eigenvalue weighted by atomic mass is 16.5. The minimum Gasteiger partial charge on any atom is -0.480 e. The first kappa shape index (κ1) is 24.9. The molecule has 0 heterocycles. The lowest BCUT2D eigenvalue weighted by atomic mass is 10.0. The highest BCUT2D eigenvalue weighted by Crippen LogP contribution is 2.10. The van der Waals surface area contributed by atoms with Gasteiger partial charge < -0.3 is 20.5 Å². The summed E-state index contributed by atoms with van der Waals surface area (Å²) in [5.74, 6) is -1.51. The number of aryl methyl sites for hydroxylation is 1. The highest BCUT2D eigenvalue weighted by molar-refractivity contribution is 5.89. The number of benzene rings is 2. The first-order valence-electron chi connectivity index (χ1n) is 10.9. The number of carboxylic acids is 1. The number of hydrogen-bond donors (Lipinski definition) is 3. The molecule has 2 atom stereocenters. The monoisotopic (exact) mass is 440 g/mol. The van der Waals surface area contributed by atoms with Crippen molar-refractivity contribution in [3.05, 3.63) is 71.8 Å². The number of ether oxygens (including phenoxy) is 1. The number of carbonyl (C=O) groups excluding carboxylic acids is 2. The number of hydrogen-bond acceptors (Lipinski definition) is 4. The fraction of sp³-hybridized carbons (Fsp3) is 0.400. The number of carbonyl (C=O) groups is 3. The summed E-state index contributed by atoms with van der Waals surface area (Å²) in [6.45, 7) is 3.93. The van der Waals surface area contributed by atoms with Crippen LogP contribution in [-0.4, -0.2) is 35.2 Å². The summed E-state index contributed by atoms with van der Waals surface area (Å²) in [6.07, 6.45) is 1.28. The van der Waals surface area contributed by atoms with Gasteiger partial charge in [0.25, 0.3) is 0 Å². The molecule has 0 aliphatic carbocycles. The van der Waals surface area contributed by atoms with Crippen molar-refractivity contribution in [3.8, 4) is 0 Å². The van der Waals surface area contributed by atoms with Crippen molar-refractivity contribution in [2.45, 2.75) is 58.2 Å². The predicted octanol–water partition coefficient (Wildman–Crippen LogP) is 3.92. The smallest absolute Gasteiger partial charge is 0.408 e. The van der Waals surface area contributed by atoms with Gasteiger partial charge in [-0.15, -0.1) is 0 Å². The fourth-order valence-electron chi connectivity index (χ4n) is 3.29. The lowest BCUT2D eigenvalue weighted by Gasteiger charge is -2.22. The summed E-state index contributed by atoms with van der Waals surface area (Å²) in [4.78, 5) is 36.7. The number of alkyl carbamates (subject to hydrolysis) is 1. The van der Waals surface area contributed by atoms with Gasteiger partial charge in [0.05, 0.1) is 0 Å². The van der Waals surface area contributed by atoms with Gasteiger partial charge in [0.2, 0.25) is 5.91 Å². The van der Waals surface area contributed by atoms with Crippen LogP contribution < -0.4 is 10.6 Å². The van der Waals surface area contributed by atoms with Crippen LogP contribution in [0.3, 0.4) is 0 Å². The molecule has 32 heavy (non-hydrogen) atoms. The zero-order valence-corrected chi connectivity index (χ0v) is 18.6. The Morgan fingerprint density at radius 1 is 0.875 bits per heavy atom. The molecule has 0 aliphatic rings. The molecule has 172 valence electrons. The maximum absolute atomic E-state index is 12.8. The van der Waals surface area contributed by atoms with Gasteiger partial charge in [-0.05, 0) is 42.7 Å². The van der Waals surface area contributed by atoms with E-state index in [1.54, 1.807) is 0 Å². The minimum atomic E-state index is -1.10. The van der Waals surface area contributed by atoms with Gasteiger partial charge in [-0.2, -0.15) is 0 Å². The predicted molar refractivity (Wildman–Crippen MR) is 122 cm³/mol. The summed E-state index contributed by atoms with van der Waals surface area (Å²) < 4.78 is 5.21. The van der Waals surface area contributed by atoms with E-state index in [4.69, 9.17) is 4.74 Å². The lowest BCUT2D eigenvalue weighted by Crippen LogP contribution is -2.52. The van der Waals surface area contributed by atoms with Crippen molar-refractivity contribution in [2.24, 2.45) is 5.92 Å². The zero-order chi connectivity index (χ0) is 23.3. The molecule has 0 spiro atoms. The Hall–Kier alpha value is -3.35. The Kier molecular flexibility index (Phi) is 10.2. The van der Waals surface area contributed by atoms with Crippen LogP contribution in [0.1, 0.15) is 44.2 Å². The summed E-state index contributed by atoms with van der Waals surface area (Å²) in [7, 11) is 0. The average molecular weight is 441 g/mol. The normalized spacial score (nSPS) is 12.6. The van der Waals surface area contributed by atoms with Crippen LogP contribution in [0.4, 0.5) is 4.79 Å². The van der Waals surface area contributed by atoms with E-state index in [-0.39, 0.29) is 12.5 Å². The van der Waals surface area contributed by atoms with E-state index in [0.717, 1.165) is 17.5 Å². The standard InChI is InChI=1S/C25H32N2O5/c1-18(2)16-22(27-25(31)32-17-20-12-7-4-8-13-20)23(28)26-21(24(29)30)15-9-14-19-10-5-3-6-11-19/h3-8,10-13,18,21-22H,9,14-17H2,1-2H3,(H,26,28)(H,27,31)(H,29,30)/t21-,22-/m0/s1. The van der Waals surface area contributed by atoms with Crippen LogP contribution in [0, 0.1) is 5.92 Å². The molecule has 0 aliphatic heterocycles. The van der Waals surface area contributed by atoms with Crippen LogP contribution in [0.25, 0.3) is 0 Å². The van der Waals surface area contributed by atoms with Crippen molar-refractivity contribution >= 4 is 18.0 Å². The average Bonchev–Trinajstić information content (AvgIpc) is 2.77. The number of rotatable bonds is 12. The number of aliphatic carboxylic acids is 1. The highest BCUT2D eigenvalue weighted by Gasteiger charge is 2.27.